The lowest BCUT2D eigenvalue weighted by Crippen LogP contribution is -2.08. The van der Waals surface area contributed by atoms with Crippen molar-refractivity contribution in [2.75, 3.05) is 6.61 Å². The third kappa shape index (κ3) is 21.8. The van der Waals surface area contributed by atoms with Gasteiger partial charge >= 0.3 is 5.97 Å². The van der Waals surface area contributed by atoms with E-state index in [4.69, 9.17) is 4.74 Å². The molecule has 0 aromatic rings. The maximum absolute atomic E-state index is 11.8. The lowest BCUT2D eigenvalue weighted by Gasteiger charge is -2.12. The summed E-state index contributed by atoms with van der Waals surface area (Å²) in [4.78, 5) is 11.8. The molecule has 0 N–H and O–H groups in total. The number of ether oxygens (including phenoxy) is 1. The molecular weight excluding hydrogens is 344 g/mol. The van der Waals surface area contributed by atoms with Gasteiger partial charge in [-0.3, -0.25) is 4.79 Å². The minimum Gasteiger partial charge on any atom is -0.466 e. The molecule has 0 spiro atoms. The Kier molecular flexibility index (Phi) is 20.8. The highest BCUT2D eigenvalue weighted by atomic mass is 16.5. The second-order valence-corrected chi connectivity index (χ2v) is 9.43. The van der Waals surface area contributed by atoms with E-state index in [-0.39, 0.29) is 5.97 Å². The van der Waals surface area contributed by atoms with Crippen LogP contribution in [-0.2, 0) is 9.53 Å². The lowest BCUT2D eigenvalue weighted by atomic mass is 9.98. The second-order valence-electron chi connectivity index (χ2n) is 9.43. The first-order chi connectivity index (χ1) is 13.6. The largest absolute Gasteiger partial charge is 0.466 e. The fourth-order valence-corrected chi connectivity index (χ4v) is 3.75. The average Bonchev–Trinajstić information content (AvgIpc) is 2.65. The van der Waals surface area contributed by atoms with E-state index in [1.165, 1.54) is 96.3 Å². The van der Waals surface area contributed by atoms with Crippen LogP contribution in [0.25, 0.3) is 0 Å². The molecule has 0 saturated heterocycles. The molecule has 0 amide bonds. The molecule has 2 nitrogen and oxygen atoms in total. The molecule has 0 aliphatic rings. The Bertz CT molecular complexity index is 324. The number of rotatable bonds is 21. The van der Waals surface area contributed by atoms with Crippen LogP contribution in [-0.4, -0.2) is 12.6 Å². The molecule has 0 aromatic heterocycles. The molecule has 1 atom stereocenters. The number of hydrogen-bond acceptors (Lipinski definition) is 2. The smallest absolute Gasteiger partial charge is 0.305 e. The van der Waals surface area contributed by atoms with Crippen molar-refractivity contribution in [3.05, 3.63) is 0 Å². The summed E-state index contributed by atoms with van der Waals surface area (Å²) in [6, 6.07) is 0. The summed E-state index contributed by atoms with van der Waals surface area (Å²) in [7, 11) is 0. The van der Waals surface area contributed by atoms with Gasteiger partial charge in [0, 0.05) is 6.42 Å². The highest BCUT2D eigenvalue weighted by Crippen LogP contribution is 2.16. The molecule has 0 aromatic carbocycles. The highest BCUT2D eigenvalue weighted by molar-refractivity contribution is 5.69. The predicted octanol–water partition coefficient (Wildman–Crippen LogP) is 8.86. The Morgan fingerprint density at radius 1 is 0.643 bits per heavy atom. The van der Waals surface area contributed by atoms with Gasteiger partial charge in [-0.1, -0.05) is 124 Å². The van der Waals surface area contributed by atoms with Crippen molar-refractivity contribution in [1.82, 2.24) is 0 Å². The molecule has 0 fully saturated rings. The van der Waals surface area contributed by atoms with Gasteiger partial charge in [-0.15, -0.1) is 0 Å². The molecule has 0 heterocycles. The van der Waals surface area contributed by atoms with Crippen LogP contribution in [0.15, 0.2) is 0 Å². The number of carbonyl (C=O) groups excluding carboxylic acids is 1. The van der Waals surface area contributed by atoms with Crippen LogP contribution in [0.1, 0.15) is 143 Å². The van der Waals surface area contributed by atoms with E-state index in [0.717, 1.165) is 18.8 Å². The quantitative estimate of drug-likeness (QED) is 0.143. The Labute approximate surface area is 177 Å². The molecule has 28 heavy (non-hydrogen) atoms. The molecule has 0 saturated carbocycles. The van der Waals surface area contributed by atoms with E-state index in [2.05, 4.69) is 27.7 Å². The molecule has 0 rings (SSSR count). The van der Waals surface area contributed by atoms with Crippen LogP contribution < -0.4 is 0 Å². The third-order valence-corrected chi connectivity index (χ3v) is 5.84. The first kappa shape index (κ1) is 27.5. The molecule has 0 radical (unpaired) electrons. The van der Waals surface area contributed by atoms with Gasteiger partial charge in [0.05, 0.1) is 6.61 Å². The van der Waals surface area contributed by atoms with Gasteiger partial charge in [-0.2, -0.15) is 0 Å². The summed E-state index contributed by atoms with van der Waals surface area (Å²) in [5.74, 6) is 1.48. The fourth-order valence-electron chi connectivity index (χ4n) is 3.75. The molecule has 1 unspecified atom stereocenters. The molecule has 0 aliphatic heterocycles. The maximum atomic E-state index is 11.8. The Morgan fingerprint density at radius 3 is 1.64 bits per heavy atom. The number of unbranched alkanes of at least 4 members (excludes halogenated alkanes) is 12. The molecular formula is C26H52O2. The Hall–Kier alpha value is -0.530. The van der Waals surface area contributed by atoms with Gasteiger partial charge in [0.2, 0.25) is 0 Å². The highest BCUT2D eigenvalue weighted by Gasteiger charge is 2.06. The lowest BCUT2D eigenvalue weighted by molar-refractivity contribution is -0.144. The summed E-state index contributed by atoms with van der Waals surface area (Å²) in [6.45, 7) is 9.73. The fraction of sp³-hybridized carbons (Fsp3) is 0.962. The molecule has 0 aliphatic carbocycles. The van der Waals surface area contributed by atoms with Gasteiger partial charge < -0.3 is 4.74 Å². The minimum atomic E-state index is 0.0115. The van der Waals surface area contributed by atoms with Gasteiger partial charge in [-0.25, -0.2) is 0 Å². The van der Waals surface area contributed by atoms with Crippen LogP contribution in [0.3, 0.4) is 0 Å². The first-order valence-corrected chi connectivity index (χ1v) is 12.7. The van der Waals surface area contributed by atoms with Gasteiger partial charge in [0.15, 0.2) is 0 Å². The van der Waals surface area contributed by atoms with Crippen molar-refractivity contribution in [1.29, 1.82) is 0 Å². The first-order valence-electron chi connectivity index (χ1n) is 12.7. The standard InChI is InChI=1S/C26H52O2/c1-5-6-7-8-9-10-11-12-13-14-15-16-17-21-26(27)28-23-22-25(4)20-18-19-24(2)3/h24-25H,5-23H2,1-4H3. The monoisotopic (exact) mass is 396 g/mol. The minimum absolute atomic E-state index is 0.0115. The SMILES string of the molecule is CCCCCCCCCCCCCCCC(=O)OCCC(C)CCCC(C)C. The van der Waals surface area contributed by atoms with Crippen molar-refractivity contribution >= 4 is 5.97 Å². The van der Waals surface area contributed by atoms with Gasteiger partial charge in [-0.05, 0) is 24.7 Å². The summed E-state index contributed by atoms with van der Waals surface area (Å²) in [6.07, 6.45) is 22.9. The Morgan fingerprint density at radius 2 is 1.14 bits per heavy atom. The molecule has 168 valence electrons. The van der Waals surface area contributed by atoms with Gasteiger partial charge in [0.25, 0.3) is 0 Å². The number of carbonyl (C=O) groups is 1. The van der Waals surface area contributed by atoms with Crippen LogP contribution in [0.4, 0.5) is 0 Å². The van der Waals surface area contributed by atoms with Crippen LogP contribution >= 0.6 is 0 Å². The molecule has 2 heteroatoms. The third-order valence-electron chi connectivity index (χ3n) is 5.84. The summed E-state index contributed by atoms with van der Waals surface area (Å²) >= 11 is 0. The van der Waals surface area contributed by atoms with Gasteiger partial charge in [0.1, 0.15) is 0 Å². The van der Waals surface area contributed by atoms with E-state index < -0.39 is 0 Å². The predicted molar refractivity (Wildman–Crippen MR) is 124 cm³/mol. The van der Waals surface area contributed by atoms with E-state index in [9.17, 15) is 4.79 Å². The van der Waals surface area contributed by atoms with Crippen molar-refractivity contribution < 1.29 is 9.53 Å². The molecule has 0 bridgehead atoms. The number of esters is 1. The summed E-state index contributed by atoms with van der Waals surface area (Å²) in [5.41, 5.74) is 0. The van der Waals surface area contributed by atoms with E-state index >= 15 is 0 Å². The van der Waals surface area contributed by atoms with Crippen LogP contribution in [0, 0.1) is 11.8 Å². The topological polar surface area (TPSA) is 26.3 Å². The summed E-state index contributed by atoms with van der Waals surface area (Å²) < 4.78 is 5.41. The zero-order valence-electron chi connectivity index (χ0n) is 19.9. The number of hydrogen-bond donors (Lipinski definition) is 0. The Balaban J connectivity index is 3.26. The van der Waals surface area contributed by atoms with Crippen molar-refractivity contribution in [3.63, 3.8) is 0 Å². The van der Waals surface area contributed by atoms with Crippen molar-refractivity contribution in [3.8, 4) is 0 Å². The second kappa shape index (κ2) is 21.2. The zero-order valence-corrected chi connectivity index (χ0v) is 19.9. The maximum Gasteiger partial charge on any atom is 0.305 e. The van der Waals surface area contributed by atoms with E-state index in [0.29, 0.717) is 18.9 Å². The van der Waals surface area contributed by atoms with E-state index in [1.807, 2.05) is 0 Å². The average molecular weight is 397 g/mol. The van der Waals surface area contributed by atoms with Crippen molar-refractivity contribution in [2.24, 2.45) is 11.8 Å². The van der Waals surface area contributed by atoms with Crippen LogP contribution in [0.5, 0.6) is 0 Å². The van der Waals surface area contributed by atoms with Crippen LogP contribution in [0.2, 0.25) is 0 Å². The van der Waals surface area contributed by atoms with E-state index in [1.54, 1.807) is 0 Å². The zero-order chi connectivity index (χ0) is 20.9. The summed E-state index contributed by atoms with van der Waals surface area (Å²) in [5, 5.41) is 0. The van der Waals surface area contributed by atoms with Crippen molar-refractivity contribution in [2.45, 2.75) is 143 Å². The normalized spacial score (nSPS) is 12.5.